The smallest absolute Gasteiger partial charge is 0.148 e. The van der Waals surface area contributed by atoms with E-state index in [1.807, 2.05) is 13.9 Å². The minimum Gasteiger partial charge on any atom is -0.383 e. The Morgan fingerprint density at radius 2 is 1.78 bits per heavy atom. The first-order chi connectivity index (χ1) is 17.0. The third-order valence-corrected chi connectivity index (χ3v) is 5.94. The average molecular weight is 480 g/mol. The van der Waals surface area contributed by atoms with Crippen LogP contribution in [0.15, 0.2) is 48.8 Å². The number of nitriles is 2. The number of anilines is 2. The van der Waals surface area contributed by atoms with Gasteiger partial charge in [0.05, 0.1) is 34.0 Å². The lowest BCUT2D eigenvalue weighted by Crippen LogP contribution is -2.37. The number of aromatic nitrogens is 4. The molecule has 0 fully saturated rings. The van der Waals surface area contributed by atoms with Crippen LogP contribution in [0.4, 0.5) is 15.8 Å². The zero-order valence-electron chi connectivity index (χ0n) is 20.9. The molecule has 4 aromatic rings. The van der Waals surface area contributed by atoms with Gasteiger partial charge in [-0.05, 0) is 35.2 Å². The molecular formula is C26H26BFN8. The summed E-state index contributed by atoms with van der Waals surface area (Å²) in [6, 6.07) is 14.2. The van der Waals surface area contributed by atoms with Gasteiger partial charge in [0.15, 0.2) is 0 Å². The Hall–Kier alpha value is -4.44. The number of pyridine rings is 1. The molecule has 4 rings (SSSR count). The van der Waals surface area contributed by atoms with Gasteiger partial charge >= 0.3 is 0 Å². The summed E-state index contributed by atoms with van der Waals surface area (Å²) in [5.41, 5.74) is 2.93. The summed E-state index contributed by atoms with van der Waals surface area (Å²) in [6.07, 6.45) is 3.28. The molecule has 2 heterocycles. The Balaban J connectivity index is 1.90. The number of fused-ring (bicyclic) bond motifs is 1. The molecule has 180 valence electrons. The van der Waals surface area contributed by atoms with E-state index in [4.69, 9.17) is 0 Å². The van der Waals surface area contributed by atoms with Crippen molar-refractivity contribution in [3.8, 4) is 12.1 Å². The van der Waals surface area contributed by atoms with Crippen LogP contribution < -0.4 is 10.6 Å². The first kappa shape index (κ1) is 24.7. The number of hydrogen-bond donors (Lipinski definition) is 2. The van der Waals surface area contributed by atoms with E-state index in [-0.39, 0.29) is 11.2 Å². The molecule has 0 radical (unpaired) electrons. The standard InChI is InChI=1S/C26H26BFN8/c1-25(2,3)15-32-24-17(12-30)13-31-23-16(11-29)9-20(10-21(23)24)33-26(27,22-14-36(4)35-34-22)18-5-7-19(28)8-6-18/h5-10,13-14,33H,15,27H2,1-4H3,(H,31,32). The first-order valence-electron chi connectivity index (χ1n) is 11.5. The van der Waals surface area contributed by atoms with Gasteiger partial charge in [0.1, 0.15) is 31.5 Å². The van der Waals surface area contributed by atoms with Crippen LogP contribution >= 0.6 is 0 Å². The Labute approximate surface area is 210 Å². The lowest BCUT2D eigenvalue weighted by Gasteiger charge is -2.31. The van der Waals surface area contributed by atoms with Crippen LogP contribution in [0.1, 0.15) is 43.2 Å². The summed E-state index contributed by atoms with van der Waals surface area (Å²) in [5.74, 6) is -0.345. The molecule has 0 aliphatic heterocycles. The fourth-order valence-electron chi connectivity index (χ4n) is 4.02. The van der Waals surface area contributed by atoms with Gasteiger partial charge in [-0.2, -0.15) is 10.5 Å². The van der Waals surface area contributed by atoms with Crippen LogP contribution in [0.3, 0.4) is 0 Å². The molecule has 1 unspecified atom stereocenters. The minimum absolute atomic E-state index is 0.0383. The van der Waals surface area contributed by atoms with Gasteiger partial charge < -0.3 is 10.6 Å². The number of aryl methyl sites for hydroxylation is 1. The maximum absolute atomic E-state index is 13.7. The second-order valence-corrected chi connectivity index (χ2v) is 10.1. The number of hydrogen-bond acceptors (Lipinski definition) is 7. The van der Waals surface area contributed by atoms with E-state index in [1.54, 1.807) is 36.1 Å². The zero-order chi connectivity index (χ0) is 26.1. The number of halogens is 1. The zero-order valence-corrected chi connectivity index (χ0v) is 20.9. The van der Waals surface area contributed by atoms with Crippen molar-refractivity contribution in [2.24, 2.45) is 12.5 Å². The monoisotopic (exact) mass is 480 g/mol. The van der Waals surface area contributed by atoms with Crippen molar-refractivity contribution in [3.05, 3.63) is 77.0 Å². The molecule has 36 heavy (non-hydrogen) atoms. The minimum atomic E-state index is -0.901. The highest BCUT2D eigenvalue weighted by Gasteiger charge is 2.32. The van der Waals surface area contributed by atoms with E-state index in [2.05, 4.69) is 58.8 Å². The van der Waals surface area contributed by atoms with Gasteiger partial charge in [0.25, 0.3) is 0 Å². The number of nitrogens with one attached hydrogen (secondary N) is 2. The number of rotatable bonds is 6. The van der Waals surface area contributed by atoms with E-state index >= 15 is 0 Å². The second-order valence-electron chi connectivity index (χ2n) is 10.1. The van der Waals surface area contributed by atoms with Crippen LogP contribution in [0.25, 0.3) is 10.9 Å². The van der Waals surface area contributed by atoms with Crippen molar-refractivity contribution in [3.63, 3.8) is 0 Å². The highest BCUT2D eigenvalue weighted by atomic mass is 19.1. The van der Waals surface area contributed by atoms with Crippen LogP contribution in [0, 0.1) is 33.9 Å². The third kappa shape index (κ3) is 4.84. The van der Waals surface area contributed by atoms with Gasteiger partial charge in [0, 0.05) is 30.9 Å². The molecule has 0 aliphatic rings. The Bertz CT molecular complexity index is 1510. The molecular weight excluding hydrogens is 454 g/mol. The van der Waals surface area contributed by atoms with Crippen molar-refractivity contribution in [1.29, 1.82) is 10.5 Å². The van der Waals surface area contributed by atoms with Crippen LogP contribution in [-0.4, -0.2) is 34.4 Å². The number of benzene rings is 2. The van der Waals surface area contributed by atoms with Gasteiger partial charge in [-0.25, -0.2) is 4.39 Å². The molecule has 0 amide bonds. The molecule has 2 aromatic heterocycles. The molecule has 0 saturated carbocycles. The molecule has 10 heteroatoms. The van der Waals surface area contributed by atoms with E-state index in [0.29, 0.717) is 45.6 Å². The van der Waals surface area contributed by atoms with Crippen molar-refractivity contribution in [2.75, 3.05) is 17.2 Å². The van der Waals surface area contributed by atoms with Gasteiger partial charge in [0.2, 0.25) is 0 Å². The molecule has 8 nitrogen and oxygen atoms in total. The SMILES string of the molecule is BC(Nc1cc(C#N)c2ncc(C#N)c(NCC(C)(C)C)c2c1)(c1ccc(F)cc1)c1cn(C)nn1. The van der Waals surface area contributed by atoms with Crippen molar-refractivity contribution in [1.82, 2.24) is 20.0 Å². The van der Waals surface area contributed by atoms with E-state index in [1.165, 1.54) is 18.3 Å². The molecule has 0 bridgehead atoms. The summed E-state index contributed by atoms with van der Waals surface area (Å²) >= 11 is 0. The highest BCUT2D eigenvalue weighted by Crippen LogP contribution is 2.35. The van der Waals surface area contributed by atoms with E-state index in [0.717, 1.165) is 5.56 Å². The summed E-state index contributed by atoms with van der Waals surface area (Å²) < 4.78 is 15.3. The topological polar surface area (TPSA) is 115 Å². The normalized spacial score (nSPS) is 13.0. The Morgan fingerprint density at radius 3 is 2.36 bits per heavy atom. The summed E-state index contributed by atoms with van der Waals surface area (Å²) in [4.78, 5) is 4.41. The van der Waals surface area contributed by atoms with Gasteiger partial charge in [-0.3, -0.25) is 9.67 Å². The number of nitrogens with zero attached hydrogens (tertiary/aromatic N) is 6. The Kier molecular flexibility index (Phi) is 6.38. The lowest BCUT2D eigenvalue weighted by molar-refractivity contribution is 0.443. The van der Waals surface area contributed by atoms with Crippen molar-refractivity contribution < 1.29 is 4.39 Å². The van der Waals surface area contributed by atoms with Crippen LogP contribution in [0.5, 0.6) is 0 Å². The van der Waals surface area contributed by atoms with Gasteiger partial charge in [-0.15, -0.1) is 5.10 Å². The molecule has 1 atom stereocenters. The molecule has 2 N–H and O–H groups in total. The summed E-state index contributed by atoms with van der Waals surface area (Å²) in [7, 11) is 3.69. The molecule has 2 aromatic carbocycles. The maximum atomic E-state index is 13.7. The molecule has 0 aliphatic carbocycles. The van der Waals surface area contributed by atoms with Crippen molar-refractivity contribution in [2.45, 2.75) is 26.2 Å². The molecule has 0 spiro atoms. The largest absolute Gasteiger partial charge is 0.383 e. The lowest BCUT2D eigenvalue weighted by atomic mass is 9.69. The van der Waals surface area contributed by atoms with Crippen LogP contribution in [0.2, 0.25) is 0 Å². The second kappa shape index (κ2) is 9.31. The predicted molar refractivity (Wildman–Crippen MR) is 139 cm³/mol. The van der Waals surface area contributed by atoms with E-state index in [9.17, 15) is 14.9 Å². The van der Waals surface area contributed by atoms with Crippen molar-refractivity contribution >= 4 is 30.1 Å². The quantitative estimate of drug-likeness (QED) is 0.405. The fourth-order valence-corrected chi connectivity index (χ4v) is 4.02. The van der Waals surface area contributed by atoms with Gasteiger partial charge in [-0.1, -0.05) is 38.1 Å². The first-order valence-corrected chi connectivity index (χ1v) is 11.5. The average Bonchev–Trinajstić information content (AvgIpc) is 3.28. The highest BCUT2D eigenvalue weighted by molar-refractivity contribution is 6.19. The van der Waals surface area contributed by atoms with E-state index < -0.39 is 5.44 Å². The Morgan fingerprint density at radius 1 is 1.08 bits per heavy atom. The maximum Gasteiger partial charge on any atom is 0.148 e. The third-order valence-electron chi connectivity index (χ3n) is 5.94. The summed E-state index contributed by atoms with van der Waals surface area (Å²) in [5, 5.41) is 35.6. The van der Waals surface area contributed by atoms with Crippen LogP contribution in [-0.2, 0) is 12.5 Å². The predicted octanol–water partition coefficient (Wildman–Crippen LogP) is 3.65. The fraction of sp³-hybridized carbons (Fsp3) is 0.269. The molecule has 0 saturated heterocycles. The summed E-state index contributed by atoms with van der Waals surface area (Å²) in [6.45, 7) is 6.90.